The minimum Gasteiger partial charge on any atom is -0.317 e. The molecule has 1 aromatic heterocycles. The highest BCUT2D eigenvalue weighted by atomic mass is 15.4. The van der Waals surface area contributed by atoms with E-state index in [1.165, 1.54) is 12.8 Å². The van der Waals surface area contributed by atoms with Gasteiger partial charge < -0.3 is 5.32 Å². The molecule has 4 nitrogen and oxygen atoms in total. The Morgan fingerprint density at radius 3 is 2.56 bits per heavy atom. The number of aryl methyl sites for hydroxylation is 2. The molecule has 0 radical (unpaired) electrons. The predicted octanol–water partition coefficient (Wildman–Crippen LogP) is 2.74. The summed E-state index contributed by atoms with van der Waals surface area (Å²) in [4.78, 5) is 4.56. The van der Waals surface area contributed by atoms with Crippen LogP contribution in [-0.2, 0) is 12.8 Å². The van der Waals surface area contributed by atoms with Crippen LogP contribution in [0.3, 0.4) is 0 Å². The summed E-state index contributed by atoms with van der Waals surface area (Å²) in [6.07, 6.45) is 5.45. The summed E-state index contributed by atoms with van der Waals surface area (Å²) in [6.45, 7) is 10.9. The van der Waals surface area contributed by atoms with Gasteiger partial charge >= 0.3 is 0 Å². The zero-order valence-electron chi connectivity index (χ0n) is 12.4. The molecule has 0 bridgehead atoms. The maximum Gasteiger partial charge on any atom is 0.150 e. The first-order valence-electron chi connectivity index (χ1n) is 7.37. The van der Waals surface area contributed by atoms with Gasteiger partial charge in [-0.1, -0.05) is 20.8 Å². The molecule has 0 aliphatic rings. The second kappa shape index (κ2) is 8.25. The van der Waals surface area contributed by atoms with Crippen molar-refractivity contribution >= 4 is 0 Å². The van der Waals surface area contributed by atoms with Crippen LogP contribution >= 0.6 is 0 Å². The van der Waals surface area contributed by atoms with E-state index in [0.717, 1.165) is 44.0 Å². The normalized spacial score (nSPS) is 12.9. The largest absolute Gasteiger partial charge is 0.317 e. The molecule has 0 aliphatic carbocycles. The first-order chi connectivity index (χ1) is 8.72. The van der Waals surface area contributed by atoms with Crippen molar-refractivity contribution in [1.29, 1.82) is 0 Å². The third-order valence-corrected chi connectivity index (χ3v) is 3.20. The SMILES string of the molecule is CCCNCCCC(C)n1nc(CC)nc1CC. The fourth-order valence-corrected chi connectivity index (χ4v) is 2.09. The Morgan fingerprint density at radius 1 is 1.17 bits per heavy atom. The van der Waals surface area contributed by atoms with Gasteiger partial charge in [-0.05, 0) is 39.3 Å². The molecule has 0 fully saturated rings. The topological polar surface area (TPSA) is 42.7 Å². The van der Waals surface area contributed by atoms with Crippen LogP contribution in [0.1, 0.15) is 64.6 Å². The van der Waals surface area contributed by atoms with E-state index in [9.17, 15) is 0 Å². The first-order valence-corrected chi connectivity index (χ1v) is 7.37. The average molecular weight is 252 g/mol. The second-order valence-corrected chi connectivity index (χ2v) is 4.84. The smallest absolute Gasteiger partial charge is 0.150 e. The second-order valence-electron chi connectivity index (χ2n) is 4.84. The van der Waals surface area contributed by atoms with Gasteiger partial charge in [-0.15, -0.1) is 0 Å². The number of hydrogen-bond acceptors (Lipinski definition) is 3. The highest BCUT2D eigenvalue weighted by molar-refractivity contribution is 4.94. The van der Waals surface area contributed by atoms with Crippen molar-refractivity contribution in [3.63, 3.8) is 0 Å². The zero-order chi connectivity index (χ0) is 13.4. The summed E-state index contributed by atoms with van der Waals surface area (Å²) in [6, 6.07) is 0.455. The van der Waals surface area contributed by atoms with Crippen molar-refractivity contribution in [2.45, 2.75) is 65.8 Å². The lowest BCUT2D eigenvalue weighted by molar-refractivity contribution is 0.423. The van der Waals surface area contributed by atoms with Crippen LogP contribution in [0.5, 0.6) is 0 Å². The van der Waals surface area contributed by atoms with E-state index >= 15 is 0 Å². The molecule has 4 heteroatoms. The van der Waals surface area contributed by atoms with Gasteiger partial charge in [0.1, 0.15) is 5.82 Å². The first kappa shape index (κ1) is 15.2. The Balaban J connectivity index is 2.44. The lowest BCUT2D eigenvalue weighted by atomic mass is 10.2. The summed E-state index contributed by atoms with van der Waals surface area (Å²) in [5, 5.41) is 8.04. The van der Waals surface area contributed by atoms with E-state index in [4.69, 9.17) is 0 Å². The molecule has 0 spiro atoms. The maximum absolute atomic E-state index is 4.60. The summed E-state index contributed by atoms with van der Waals surface area (Å²) in [7, 11) is 0. The molecular weight excluding hydrogens is 224 g/mol. The molecule has 0 aliphatic heterocycles. The Kier molecular flexibility index (Phi) is 6.94. The van der Waals surface area contributed by atoms with Gasteiger partial charge in [0.25, 0.3) is 0 Å². The third kappa shape index (κ3) is 4.41. The molecule has 0 aromatic carbocycles. The Bertz CT molecular complexity index is 333. The fraction of sp³-hybridized carbons (Fsp3) is 0.857. The van der Waals surface area contributed by atoms with Gasteiger partial charge in [0.15, 0.2) is 5.82 Å². The van der Waals surface area contributed by atoms with Crippen molar-refractivity contribution in [2.24, 2.45) is 0 Å². The summed E-state index contributed by atoms with van der Waals surface area (Å²) in [5.41, 5.74) is 0. The van der Waals surface area contributed by atoms with E-state index in [1.807, 2.05) is 0 Å². The molecule has 0 saturated carbocycles. The summed E-state index contributed by atoms with van der Waals surface area (Å²) in [5.74, 6) is 2.10. The fourth-order valence-electron chi connectivity index (χ4n) is 2.09. The highest BCUT2D eigenvalue weighted by Gasteiger charge is 2.12. The van der Waals surface area contributed by atoms with Crippen molar-refractivity contribution < 1.29 is 0 Å². The van der Waals surface area contributed by atoms with E-state index < -0.39 is 0 Å². The molecule has 1 aromatic rings. The molecule has 18 heavy (non-hydrogen) atoms. The van der Waals surface area contributed by atoms with Crippen LogP contribution in [-0.4, -0.2) is 27.9 Å². The van der Waals surface area contributed by atoms with Gasteiger partial charge in [0.2, 0.25) is 0 Å². The highest BCUT2D eigenvalue weighted by Crippen LogP contribution is 2.15. The van der Waals surface area contributed by atoms with Gasteiger partial charge in [-0.25, -0.2) is 9.67 Å². The van der Waals surface area contributed by atoms with Crippen LogP contribution in [0.25, 0.3) is 0 Å². The van der Waals surface area contributed by atoms with Crippen molar-refractivity contribution in [1.82, 2.24) is 20.1 Å². The van der Waals surface area contributed by atoms with Gasteiger partial charge in [-0.3, -0.25) is 0 Å². The van der Waals surface area contributed by atoms with Gasteiger partial charge in [-0.2, -0.15) is 5.10 Å². The molecule has 1 atom stereocenters. The minimum atomic E-state index is 0.455. The summed E-state index contributed by atoms with van der Waals surface area (Å²) >= 11 is 0. The van der Waals surface area contributed by atoms with Crippen LogP contribution in [0, 0.1) is 0 Å². The minimum absolute atomic E-state index is 0.455. The molecule has 0 amide bonds. The predicted molar refractivity (Wildman–Crippen MR) is 75.9 cm³/mol. The Hall–Kier alpha value is -0.900. The number of nitrogens with one attached hydrogen (secondary N) is 1. The quantitative estimate of drug-likeness (QED) is 0.687. The summed E-state index contributed by atoms with van der Waals surface area (Å²) < 4.78 is 2.12. The van der Waals surface area contributed by atoms with Crippen LogP contribution < -0.4 is 5.32 Å². The maximum atomic E-state index is 4.60. The van der Waals surface area contributed by atoms with Gasteiger partial charge in [0, 0.05) is 12.8 Å². The molecule has 1 unspecified atom stereocenters. The molecule has 1 rings (SSSR count). The van der Waals surface area contributed by atoms with E-state index in [-0.39, 0.29) is 0 Å². The number of rotatable bonds is 9. The monoisotopic (exact) mass is 252 g/mol. The zero-order valence-corrected chi connectivity index (χ0v) is 12.4. The Morgan fingerprint density at radius 2 is 1.94 bits per heavy atom. The van der Waals surface area contributed by atoms with Gasteiger partial charge in [0.05, 0.1) is 6.04 Å². The number of aromatic nitrogens is 3. The number of nitrogens with zero attached hydrogens (tertiary/aromatic N) is 3. The van der Waals surface area contributed by atoms with Crippen molar-refractivity contribution in [2.75, 3.05) is 13.1 Å². The Labute approximate surface area is 111 Å². The number of hydrogen-bond donors (Lipinski definition) is 1. The molecule has 1 N–H and O–H groups in total. The van der Waals surface area contributed by atoms with E-state index in [1.54, 1.807) is 0 Å². The third-order valence-electron chi connectivity index (χ3n) is 3.20. The van der Waals surface area contributed by atoms with Crippen molar-refractivity contribution in [3.8, 4) is 0 Å². The lowest BCUT2D eigenvalue weighted by Gasteiger charge is -2.14. The van der Waals surface area contributed by atoms with E-state index in [2.05, 4.69) is 47.8 Å². The average Bonchev–Trinajstić information content (AvgIpc) is 2.81. The molecular formula is C14H28N4. The molecule has 104 valence electrons. The van der Waals surface area contributed by atoms with Crippen LogP contribution in [0.15, 0.2) is 0 Å². The molecule has 0 saturated heterocycles. The van der Waals surface area contributed by atoms with E-state index in [0.29, 0.717) is 6.04 Å². The molecule has 1 heterocycles. The van der Waals surface area contributed by atoms with Crippen LogP contribution in [0.4, 0.5) is 0 Å². The van der Waals surface area contributed by atoms with Crippen LogP contribution in [0.2, 0.25) is 0 Å². The van der Waals surface area contributed by atoms with Crippen molar-refractivity contribution in [3.05, 3.63) is 11.6 Å². The standard InChI is InChI=1S/C14H28N4/c1-5-10-15-11-8-9-12(4)18-14(7-3)16-13(6-2)17-18/h12,15H,5-11H2,1-4H3. The lowest BCUT2D eigenvalue weighted by Crippen LogP contribution is -2.18.